The molecule has 1 N–H and O–H groups in total. The molecule has 3 aromatic heterocycles. The average molecular weight is 340 g/mol. The number of nitrogens with one attached hydrogen (secondary N) is 1. The van der Waals surface area contributed by atoms with E-state index in [9.17, 15) is 4.79 Å². The third-order valence-corrected chi connectivity index (χ3v) is 5.06. The summed E-state index contributed by atoms with van der Waals surface area (Å²) in [5, 5.41) is 5.52. The van der Waals surface area contributed by atoms with Crippen molar-refractivity contribution in [3.05, 3.63) is 42.1 Å². The number of thiophene rings is 1. The molecular formula is C16H16N6OS. The molecule has 0 saturated carbocycles. The van der Waals surface area contributed by atoms with Crippen LogP contribution in [0.5, 0.6) is 0 Å². The molecule has 122 valence electrons. The van der Waals surface area contributed by atoms with Crippen molar-refractivity contribution in [3.63, 3.8) is 0 Å². The van der Waals surface area contributed by atoms with Crippen molar-refractivity contribution in [1.29, 1.82) is 0 Å². The molecule has 1 amide bonds. The Bertz CT molecular complexity index is 844. The topological polar surface area (TPSA) is 83.9 Å². The number of likely N-dealkylation sites (tertiary alicyclic amines) is 1. The van der Waals surface area contributed by atoms with E-state index < -0.39 is 0 Å². The van der Waals surface area contributed by atoms with Crippen molar-refractivity contribution in [2.75, 3.05) is 18.4 Å². The molecule has 8 heteroatoms. The normalized spacial score (nSPS) is 15.6. The van der Waals surface area contributed by atoms with Crippen molar-refractivity contribution in [3.8, 4) is 0 Å². The maximum atomic E-state index is 12.4. The van der Waals surface area contributed by atoms with E-state index in [0.717, 1.165) is 28.9 Å². The lowest BCUT2D eigenvalue weighted by Gasteiger charge is -2.32. The van der Waals surface area contributed by atoms with E-state index in [1.165, 1.54) is 6.20 Å². The number of carbonyl (C=O) groups is 1. The van der Waals surface area contributed by atoms with E-state index in [4.69, 9.17) is 0 Å². The second-order valence-corrected chi connectivity index (χ2v) is 6.57. The minimum absolute atomic E-state index is 0.0516. The first-order chi connectivity index (χ1) is 11.8. The number of aromatic nitrogens is 4. The van der Waals surface area contributed by atoms with Crippen LogP contribution in [0.1, 0.15) is 23.3 Å². The standard InChI is InChI=1S/C16H16N6OS/c23-16(13-9-17-4-5-18-13)22-6-1-11(2-7-22)21-15-14-12(3-8-24-14)19-10-20-15/h3-5,8-11H,1-2,6-7H2,(H,19,20,21). The van der Waals surface area contributed by atoms with Crippen molar-refractivity contribution in [1.82, 2.24) is 24.8 Å². The number of rotatable bonds is 3. The Kier molecular flexibility index (Phi) is 4.04. The smallest absolute Gasteiger partial charge is 0.274 e. The molecule has 0 aromatic carbocycles. The lowest BCUT2D eigenvalue weighted by atomic mass is 10.0. The summed E-state index contributed by atoms with van der Waals surface area (Å²) >= 11 is 1.64. The first-order valence-electron chi connectivity index (χ1n) is 7.81. The quantitative estimate of drug-likeness (QED) is 0.787. The number of anilines is 1. The summed E-state index contributed by atoms with van der Waals surface area (Å²) in [5.41, 5.74) is 1.37. The van der Waals surface area contributed by atoms with Gasteiger partial charge in [0.25, 0.3) is 5.91 Å². The van der Waals surface area contributed by atoms with Crippen LogP contribution in [0, 0.1) is 0 Å². The van der Waals surface area contributed by atoms with Crippen LogP contribution in [0.2, 0.25) is 0 Å². The molecule has 4 rings (SSSR count). The van der Waals surface area contributed by atoms with Crippen LogP contribution in [0.15, 0.2) is 36.4 Å². The Morgan fingerprint density at radius 1 is 1.21 bits per heavy atom. The van der Waals surface area contributed by atoms with Gasteiger partial charge in [0.15, 0.2) is 0 Å². The fraction of sp³-hybridized carbons (Fsp3) is 0.312. The fourth-order valence-corrected chi connectivity index (χ4v) is 3.68. The number of piperidine rings is 1. The SMILES string of the molecule is O=C(c1cnccn1)N1CCC(Nc2ncnc3ccsc23)CC1. The van der Waals surface area contributed by atoms with Gasteiger partial charge in [-0.05, 0) is 24.3 Å². The molecule has 0 aliphatic carbocycles. The van der Waals surface area contributed by atoms with Crippen molar-refractivity contribution in [2.45, 2.75) is 18.9 Å². The molecule has 1 aliphatic heterocycles. The largest absolute Gasteiger partial charge is 0.366 e. The number of hydrogen-bond acceptors (Lipinski definition) is 7. The highest BCUT2D eigenvalue weighted by molar-refractivity contribution is 7.17. The van der Waals surface area contributed by atoms with Gasteiger partial charge in [-0.3, -0.25) is 9.78 Å². The molecule has 0 bridgehead atoms. The summed E-state index contributed by atoms with van der Waals surface area (Å²) in [4.78, 5) is 30.9. The molecule has 1 fully saturated rings. The van der Waals surface area contributed by atoms with Gasteiger partial charge in [0, 0.05) is 31.5 Å². The molecule has 0 radical (unpaired) electrons. The molecule has 0 spiro atoms. The van der Waals surface area contributed by atoms with Gasteiger partial charge in [0.05, 0.1) is 16.4 Å². The predicted octanol–water partition coefficient (Wildman–Crippen LogP) is 2.20. The maximum absolute atomic E-state index is 12.4. The summed E-state index contributed by atoms with van der Waals surface area (Å²) in [6, 6.07) is 2.30. The van der Waals surface area contributed by atoms with Crippen LogP contribution >= 0.6 is 11.3 Å². The van der Waals surface area contributed by atoms with Crippen LogP contribution < -0.4 is 5.32 Å². The zero-order chi connectivity index (χ0) is 16.4. The summed E-state index contributed by atoms with van der Waals surface area (Å²) in [7, 11) is 0. The van der Waals surface area contributed by atoms with E-state index >= 15 is 0 Å². The second-order valence-electron chi connectivity index (χ2n) is 5.66. The summed E-state index contributed by atoms with van der Waals surface area (Å²) in [5.74, 6) is 0.831. The Morgan fingerprint density at radius 3 is 2.88 bits per heavy atom. The van der Waals surface area contributed by atoms with Gasteiger partial charge >= 0.3 is 0 Å². The molecule has 1 saturated heterocycles. The Morgan fingerprint density at radius 2 is 2.08 bits per heavy atom. The van der Waals surface area contributed by atoms with Gasteiger partial charge in [-0.15, -0.1) is 11.3 Å². The van der Waals surface area contributed by atoms with Crippen LogP contribution in [0.3, 0.4) is 0 Å². The minimum atomic E-state index is -0.0516. The number of fused-ring (bicyclic) bond motifs is 1. The maximum Gasteiger partial charge on any atom is 0.274 e. The fourth-order valence-electron chi connectivity index (χ4n) is 2.88. The first-order valence-corrected chi connectivity index (χ1v) is 8.69. The lowest BCUT2D eigenvalue weighted by Crippen LogP contribution is -2.42. The molecule has 24 heavy (non-hydrogen) atoms. The lowest BCUT2D eigenvalue weighted by molar-refractivity contribution is 0.0712. The third kappa shape index (κ3) is 2.92. The number of nitrogens with zero attached hydrogens (tertiary/aromatic N) is 5. The van der Waals surface area contributed by atoms with Gasteiger partial charge in [-0.25, -0.2) is 15.0 Å². The number of hydrogen-bond donors (Lipinski definition) is 1. The summed E-state index contributed by atoms with van der Waals surface area (Å²) in [6.07, 6.45) is 7.97. The van der Waals surface area contributed by atoms with Gasteiger partial charge < -0.3 is 10.2 Å². The van der Waals surface area contributed by atoms with E-state index in [0.29, 0.717) is 24.8 Å². The van der Waals surface area contributed by atoms with Crippen LogP contribution in [-0.2, 0) is 0 Å². The van der Waals surface area contributed by atoms with E-state index in [2.05, 4.69) is 25.3 Å². The molecule has 0 unspecified atom stereocenters. The van der Waals surface area contributed by atoms with Crippen molar-refractivity contribution >= 4 is 33.3 Å². The number of carbonyl (C=O) groups excluding carboxylic acids is 1. The highest BCUT2D eigenvalue weighted by atomic mass is 32.1. The van der Waals surface area contributed by atoms with Crippen molar-refractivity contribution < 1.29 is 4.79 Å². The van der Waals surface area contributed by atoms with Gasteiger partial charge in [0.2, 0.25) is 0 Å². The minimum Gasteiger partial charge on any atom is -0.366 e. The molecule has 4 heterocycles. The average Bonchev–Trinajstić information content (AvgIpc) is 3.12. The Hall–Kier alpha value is -2.61. The molecule has 0 atom stereocenters. The zero-order valence-electron chi connectivity index (χ0n) is 12.9. The Balaban J connectivity index is 1.40. The van der Waals surface area contributed by atoms with E-state index in [1.807, 2.05) is 16.3 Å². The molecule has 3 aromatic rings. The van der Waals surface area contributed by atoms with E-state index in [1.54, 1.807) is 30.1 Å². The molecular weight excluding hydrogens is 324 g/mol. The van der Waals surface area contributed by atoms with Gasteiger partial charge in [-0.1, -0.05) is 0 Å². The highest BCUT2D eigenvalue weighted by Gasteiger charge is 2.25. The molecule has 1 aliphatic rings. The summed E-state index contributed by atoms with van der Waals surface area (Å²) in [6.45, 7) is 1.40. The molecule has 7 nitrogen and oxygen atoms in total. The van der Waals surface area contributed by atoms with Crippen LogP contribution in [0.25, 0.3) is 10.2 Å². The monoisotopic (exact) mass is 340 g/mol. The second kappa shape index (κ2) is 6.48. The highest BCUT2D eigenvalue weighted by Crippen LogP contribution is 2.26. The third-order valence-electron chi connectivity index (χ3n) is 4.15. The van der Waals surface area contributed by atoms with Crippen molar-refractivity contribution in [2.24, 2.45) is 0 Å². The van der Waals surface area contributed by atoms with Gasteiger partial charge in [0.1, 0.15) is 17.8 Å². The van der Waals surface area contributed by atoms with Crippen LogP contribution in [0.4, 0.5) is 5.82 Å². The predicted molar refractivity (Wildman–Crippen MR) is 92.0 cm³/mol. The van der Waals surface area contributed by atoms with Crippen LogP contribution in [-0.4, -0.2) is 49.9 Å². The Labute approximate surface area is 142 Å². The van der Waals surface area contributed by atoms with E-state index in [-0.39, 0.29) is 5.91 Å². The number of amides is 1. The van der Waals surface area contributed by atoms with Gasteiger partial charge in [-0.2, -0.15) is 0 Å². The zero-order valence-corrected chi connectivity index (χ0v) is 13.7. The summed E-state index contributed by atoms with van der Waals surface area (Å²) < 4.78 is 1.08. The first kappa shape index (κ1) is 14.9.